The molecule has 5 nitrogen and oxygen atoms in total. The maximum atomic E-state index is 11.9. The highest BCUT2D eigenvalue weighted by Crippen LogP contribution is 2.40. The van der Waals surface area contributed by atoms with Gasteiger partial charge in [0.25, 0.3) is 5.56 Å². The summed E-state index contributed by atoms with van der Waals surface area (Å²) in [6.07, 6.45) is 4.59. The summed E-state index contributed by atoms with van der Waals surface area (Å²) in [5.74, 6) is 1.75. The highest BCUT2D eigenvalue weighted by atomic mass is 127. The van der Waals surface area contributed by atoms with Gasteiger partial charge in [-0.15, -0.1) is 0 Å². The molecule has 0 atom stereocenters. The molecule has 0 amide bonds. The maximum Gasteiger partial charge on any atom is 0.264 e. The van der Waals surface area contributed by atoms with Gasteiger partial charge >= 0.3 is 0 Å². The Bertz CT molecular complexity index is 678. The average molecular weight is 383 g/mol. The van der Waals surface area contributed by atoms with Crippen LogP contribution in [-0.2, 0) is 6.42 Å². The zero-order chi connectivity index (χ0) is 14.1. The molecular formula is C14H14IN3O2. The molecule has 20 heavy (non-hydrogen) atoms. The van der Waals surface area contributed by atoms with Gasteiger partial charge in [-0.05, 0) is 41.0 Å². The molecule has 2 heterocycles. The Labute approximate surface area is 130 Å². The number of nitrogens with zero attached hydrogens (tertiary/aromatic N) is 2. The van der Waals surface area contributed by atoms with E-state index in [2.05, 4.69) is 37.5 Å². The summed E-state index contributed by atoms with van der Waals surface area (Å²) < 4.78 is 5.75. The zero-order valence-electron chi connectivity index (χ0n) is 11.0. The number of halogens is 1. The van der Waals surface area contributed by atoms with Gasteiger partial charge in [-0.3, -0.25) is 4.79 Å². The molecule has 0 spiro atoms. The Morgan fingerprint density at radius 3 is 2.85 bits per heavy atom. The van der Waals surface area contributed by atoms with Gasteiger partial charge in [0.15, 0.2) is 0 Å². The Morgan fingerprint density at radius 2 is 2.25 bits per heavy atom. The fourth-order valence-electron chi connectivity index (χ4n) is 2.07. The van der Waals surface area contributed by atoms with Gasteiger partial charge in [0.2, 0.25) is 5.88 Å². The second kappa shape index (κ2) is 5.51. The lowest BCUT2D eigenvalue weighted by atomic mass is 10.2. The molecule has 0 radical (unpaired) electrons. The minimum atomic E-state index is -0.0426. The highest BCUT2D eigenvalue weighted by molar-refractivity contribution is 14.1. The molecule has 1 N–H and O–H groups in total. The Balaban J connectivity index is 1.88. The monoisotopic (exact) mass is 383 g/mol. The molecule has 0 saturated heterocycles. The first-order chi connectivity index (χ1) is 9.67. The molecule has 1 saturated carbocycles. The van der Waals surface area contributed by atoms with E-state index in [1.165, 1.54) is 0 Å². The van der Waals surface area contributed by atoms with Crippen molar-refractivity contribution in [3.8, 4) is 5.88 Å². The number of hydrogen-bond donors (Lipinski definition) is 1. The van der Waals surface area contributed by atoms with E-state index >= 15 is 0 Å². The third kappa shape index (κ3) is 2.84. The normalized spacial score (nSPS) is 14.3. The van der Waals surface area contributed by atoms with E-state index in [0.717, 1.165) is 27.7 Å². The van der Waals surface area contributed by atoms with Crippen LogP contribution in [0, 0.1) is 3.57 Å². The van der Waals surface area contributed by atoms with Crippen LogP contribution in [0.5, 0.6) is 5.88 Å². The minimum absolute atomic E-state index is 0.0426. The number of aromatic amines is 1. The second-order valence-corrected chi connectivity index (χ2v) is 5.95. The van der Waals surface area contributed by atoms with Gasteiger partial charge < -0.3 is 9.72 Å². The van der Waals surface area contributed by atoms with Crippen molar-refractivity contribution in [1.29, 1.82) is 0 Å². The number of H-pyrrole nitrogens is 1. The van der Waals surface area contributed by atoms with Crippen LogP contribution >= 0.6 is 22.6 Å². The fourth-order valence-corrected chi connectivity index (χ4v) is 2.76. The van der Waals surface area contributed by atoms with E-state index in [4.69, 9.17) is 4.74 Å². The highest BCUT2D eigenvalue weighted by Gasteiger charge is 2.28. The van der Waals surface area contributed by atoms with Crippen molar-refractivity contribution >= 4 is 22.6 Å². The molecule has 104 valence electrons. The van der Waals surface area contributed by atoms with Crippen molar-refractivity contribution in [1.82, 2.24) is 15.0 Å². The fraction of sp³-hybridized carbons (Fsp3) is 0.357. The van der Waals surface area contributed by atoms with Crippen LogP contribution < -0.4 is 10.3 Å². The molecule has 2 aromatic rings. The van der Waals surface area contributed by atoms with Gasteiger partial charge in [-0.1, -0.05) is 6.07 Å². The molecule has 0 aliphatic heterocycles. The van der Waals surface area contributed by atoms with Crippen molar-refractivity contribution in [2.24, 2.45) is 0 Å². The summed E-state index contributed by atoms with van der Waals surface area (Å²) in [6, 6.07) is 3.74. The smallest absolute Gasteiger partial charge is 0.264 e. The van der Waals surface area contributed by atoms with Gasteiger partial charge in [0.1, 0.15) is 5.82 Å². The molecular weight excluding hydrogens is 369 g/mol. The molecule has 1 aliphatic carbocycles. The van der Waals surface area contributed by atoms with Crippen LogP contribution in [0.25, 0.3) is 0 Å². The standard InChI is InChI=1S/C14H14IN3O2/c1-20-11-5-2-8(7-16-11)6-10-17-13(9-3-4-9)12(15)14(19)18-10/h2,5,7,9H,3-4,6H2,1H3,(H,17,18,19). The first-order valence-corrected chi connectivity index (χ1v) is 7.52. The van der Waals surface area contributed by atoms with Crippen molar-refractivity contribution < 1.29 is 4.74 Å². The van der Waals surface area contributed by atoms with Crippen molar-refractivity contribution in [2.45, 2.75) is 25.2 Å². The van der Waals surface area contributed by atoms with Crippen LogP contribution in [0.15, 0.2) is 23.1 Å². The van der Waals surface area contributed by atoms with Gasteiger partial charge in [-0.2, -0.15) is 0 Å². The predicted octanol–water partition coefficient (Wildman–Crippen LogP) is 2.25. The number of hydrogen-bond acceptors (Lipinski definition) is 4. The van der Waals surface area contributed by atoms with E-state index in [0.29, 0.717) is 24.0 Å². The van der Waals surface area contributed by atoms with Crippen LogP contribution in [0.2, 0.25) is 0 Å². The quantitative estimate of drug-likeness (QED) is 0.823. The number of aromatic nitrogens is 3. The van der Waals surface area contributed by atoms with Crippen molar-refractivity contribution in [2.75, 3.05) is 7.11 Å². The molecule has 0 unspecified atom stereocenters. The first kappa shape index (κ1) is 13.5. The number of methoxy groups -OCH3 is 1. The summed E-state index contributed by atoms with van der Waals surface area (Å²) in [7, 11) is 1.59. The summed E-state index contributed by atoms with van der Waals surface area (Å²) in [5, 5.41) is 0. The summed E-state index contributed by atoms with van der Waals surface area (Å²) in [6.45, 7) is 0. The van der Waals surface area contributed by atoms with Crippen LogP contribution in [0.3, 0.4) is 0 Å². The summed E-state index contributed by atoms with van der Waals surface area (Å²) in [5.41, 5.74) is 1.90. The van der Waals surface area contributed by atoms with Crippen LogP contribution in [0.4, 0.5) is 0 Å². The van der Waals surface area contributed by atoms with Gasteiger partial charge in [0.05, 0.1) is 16.4 Å². The molecule has 0 bridgehead atoms. The average Bonchev–Trinajstić information content (AvgIpc) is 3.28. The molecule has 0 aromatic carbocycles. The van der Waals surface area contributed by atoms with E-state index in [-0.39, 0.29) is 5.56 Å². The van der Waals surface area contributed by atoms with Crippen LogP contribution in [0.1, 0.15) is 35.8 Å². The SMILES string of the molecule is COc1ccc(Cc2nc(C3CC3)c(I)c(=O)[nH]2)cn1. The van der Waals surface area contributed by atoms with Crippen molar-refractivity contribution in [3.63, 3.8) is 0 Å². The predicted molar refractivity (Wildman–Crippen MR) is 83.1 cm³/mol. The summed E-state index contributed by atoms with van der Waals surface area (Å²) in [4.78, 5) is 23.6. The van der Waals surface area contributed by atoms with Crippen molar-refractivity contribution in [3.05, 3.63) is 49.3 Å². The molecule has 3 rings (SSSR count). The molecule has 6 heteroatoms. The second-order valence-electron chi connectivity index (χ2n) is 4.87. The lowest BCUT2D eigenvalue weighted by Crippen LogP contribution is -2.18. The molecule has 1 aliphatic rings. The van der Waals surface area contributed by atoms with E-state index in [1.807, 2.05) is 12.1 Å². The van der Waals surface area contributed by atoms with E-state index < -0.39 is 0 Å². The Kier molecular flexibility index (Phi) is 3.73. The van der Waals surface area contributed by atoms with Crippen LogP contribution in [-0.4, -0.2) is 22.1 Å². The summed E-state index contributed by atoms with van der Waals surface area (Å²) >= 11 is 2.08. The number of nitrogens with one attached hydrogen (secondary N) is 1. The molecule has 1 fully saturated rings. The lowest BCUT2D eigenvalue weighted by molar-refractivity contribution is 0.397. The van der Waals surface area contributed by atoms with E-state index in [9.17, 15) is 4.79 Å². The first-order valence-electron chi connectivity index (χ1n) is 6.45. The third-order valence-electron chi connectivity index (χ3n) is 3.28. The number of pyridine rings is 1. The largest absolute Gasteiger partial charge is 0.481 e. The number of rotatable bonds is 4. The Morgan fingerprint density at radius 1 is 1.45 bits per heavy atom. The van der Waals surface area contributed by atoms with Gasteiger partial charge in [-0.25, -0.2) is 9.97 Å². The topological polar surface area (TPSA) is 67.9 Å². The van der Waals surface area contributed by atoms with Gasteiger partial charge in [0, 0.05) is 24.6 Å². The Hall–Kier alpha value is -1.44. The zero-order valence-corrected chi connectivity index (χ0v) is 13.2. The lowest BCUT2D eigenvalue weighted by Gasteiger charge is -2.06. The number of ether oxygens (including phenoxy) is 1. The minimum Gasteiger partial charge on any atom is -0.481 e. The van der Waals surface area contributed by atoms with E-state index in [1.54, 1.807) is 13.3 Å². The third-order valence-corrected chi connectivity index (χ3v) is 4.32. The molecule has 2 aromatic heterocycles. The maximum absolute atomic E-state index is 11.9.